The Labute approximate surface area is 151 Å². The molecule has 22 heavy (non-hydrogen) atoms. The molecule has 114 valence electrons. The highest BCUT2D eigenvalue weighted by Crippen LogP contribution is 2.12. The van der Waals surface area contributed by atoms with Crippen LogP contribution < -0.4 is 10.6 Å². The minimum atomic E-state index is -0.186. The fourth-order valence-corrected chi connectivity index (χ4v) is 2.59. The minimum absolute atomic E-state index is 0.127. The van der Waals surface area contributed by atoms with E-state index in [-0.39, 0.29) is 18.2 Å². The molecule has 0 saturated carbocycles. The predicted octanol–water partition coefficient (Wildman–Crippen LogP) is 3.81. The number of anilines is 1. The Morgan fingerprint density at radius 3 is 2.50 bits per heavy atom. The molecule has 0 unspecified atom stereocenters. The van der Waals surface area contributed by atoms with Crippen molar-refractivity contribution in [1.82, 2.24) is 5.32 Å². The van der Waals surface area contributed by atoms with Crippen LogP contribution in [0.1, 0.15) is 16.8 Å². The van der Waals surface area contributed by atoms with Crippen molar-refractivity contribution < 1.29 is 9.59 Å². The van der Waals surface area contributed by atoms with Gasteiger partial charge in [-0.2, -0.15) is 0 Å². The second-order valence-electron chi connectivity index (χ2n) is 4.57. The topological polar surface area (TPSA) is 58.2 Å². The van der Waals surface area contributed by atoms with E-state index in [2.05, 4.69) is 49.2 Å². The van der Waals surface area contributed by atoms with Gasteiger partial charge in [0, 0.05) is 32.3 Å². The standard InChI is InChI=1S/C16H14BrIN2O2/c17-12-6-4-11(5-7-12)16(22)19-9-8-15(21)20-14-3-1-2-13(18)10-14/h1-7,10H,8-9H2,(H,19,22)(H,20,21). The summed E-state index contributed by atoms with van der Waals surface area (Å²) < 4.78 is 1.97. The highest BCUT2D eigenvalue weighted by atomic mass is 127. The number of amides is 2. The number of nitrogens with one attached hydrogen (secondary N) is 2. The highest BCUT2D eigenvalue weighted by molar-refractivity contribution is 14.1. The van der Waals surface area contributed by atoms with Crippen LogP contribution in [0.5, 0.6) is 0 Å². The zero-order chi connectivity index (χ0) is 15.9. The van der Waals surface area contributed by atoms with Crippen molar-refractivity contribution in [2.24, 2.45) is 0 Å². The fraction of sp³-hybridized carbons (Fsp3) is 0.125. The number of halogens is 2. The van der Waals surface area contributed by atoms with Crippen LogP contribution in [0.3, 0.4) is 0 Å². The predicted molar refractivity (Wildman–Crippen MR) is 98.9 cm³/mol. The van der Waals surface area contributed by atoms with E-state index in [1.807, 2.05) is 24.3 Å². The number of benzene rings is 2. The van der Waals surface area contributed by atoms with Gasteiger partial charge in [0.05, 0.1) is 0 Å². The van der Waals surface area contributed by atoms with Gasteiger partial charge in [-0.05, 0) is 65.1 Å². The summed E-state index contributed by atoms with van der Waals surface area (Å²) in [6.45, 7) is 0.296. The first kappa shape index (κ1) is 17.0. The summed E-state index contributed by atoms with van der Waals surface area (Å²) in [5.41, 5.74) is 1.33. The van der Waals surface area contributed by atoms with E-state index in [1.54, 1.807) is 24.3 Å². The van der Waals surface area contributed by atoms with Crippen LogP contribution >= 0.6 is 38.5 Å². The summed E-state index contributed by atoms with van der Waals surface area (Å²) in [6.07, 6.45) is 0.230. The van der Waals surface area contributed by atoms with E-state index in [4.69, 9.17) is 0 Å². The van der Waals surface area contributed by atoms with Crippen molar-refractivity contribution in [2.75, 3.05) is 11.9 Å². The Balaban J connectivity index is 1.77. The second-order valence-corrected chi connectivity index (χ2v) is 6.73. The largest absolute Gasteiger partial charge is 0.352 e. The summed E-state index contributed by atoms with van der Waals surface area (Å²) in [4.78, 5) is 23.7. The monoisotopic (exact) mass is 472 g/mol. The molecule has 4 nitrogen and oxygen atoms in total. The third-order valence-corrected chi connectivity index (χ3v) is 4.05. The molecular formula is C16H14BrIN2O2. The van der Waals surface area contributed by atoms with Gasteiger partial charge < -0.3 is 10.6 Å². The molecule has 0 spiro atoms. The molecule has 2 aromatic rings. The number of carbonyl (C=O) groups is 2. The van der Waals surface area contributed by atoms with Crippen LogP contribution in [-0.4, -0.2) is 18.4 Å². The van der Waals surface area contributed by atoms with Crippen LogP contribution in [0.4, 0.5) is 5.69 Å². The van der Waals surface area contributed by atoms with Crippen molar-refractivity contribution in [3.05, 3.63) is 62.1 Å². The normalized spacial score (nSPS) is 10.1. The number of hydrogen-bond acceptors (Lipinski definition) is 2. The molecule has 0 aliphatic heterocycles. The van der Waals surface area contributed by atoms with Crippen molar-refractivity contribution in [3.8, 4) is 0 Å². The van der Waals surface area contributed by atoms with Gasteiger partial charge in [0.15, 0.2) is 0 Å². The fourth-order valence-electron chi connectivity index (χ4n) is 1.78. The number of carbonyl (C=O) groups excluding carboxylic acids is 2. The van der Waals surface area contributed by atoms with Gasteiger partial charge in [-0.3, -0.25) is 9.59 Å². The van der Waals surface area contributed by atoms with Gasteiger partial charge in [0.25, 0.3) is 5.91 Å². The summed E-state index contributed by atoms with van der Waals surface area (Å²) >= 11 is 5.50. The second kappa shape index (κ2) is 8.28. The Bertz CT molecular complexity index is 674. The third kappa shape index (κ3) is 5.42. The van der Waals surface area contributed by atoms with Gasteiger partial charge in [0.1, 0.15) is 0 Å². The van der Waals surface area contributed by atoms with Crippen molar-refractivity contribution in [3.63, 3.8) is 0 Å². The van der Waals surface area contributed by atoms with E-state index in [9.17, 15) is 9.59 Å². The molecule has 2 aromatic carbocycles. The maximum Gasteiger partial charge on any atom is 0.251 e. The lowest BCUT2D eigenvalue weighted by Gasteiger charge is -2.07. The highest BCUT2D eigenvalue weighted by Gasteiger charge is 2.07. The lowest BCUT2D eigenvalue weighted by molar-refractivity contribution is -0.116. The van der Waals surface area contributed by atoms with E-state index in [0.29, 0.717) is 12.1 Å². The molecule has 0 aliphatic rings. The molecule has 0 bridgehead atoms. The lowest BCUT2D eigenvalue weighted by Crippen LogP contribution is -2.27. The van der Waals surface area contributed by atoms with Gasteiger partial charge in [-0.1, -0.05) is 22.0 Å². The molecule has 0 atom stereocenters. The maximum atomic E-state index is 11.9. The Morgan fingerprint density at radius 2 is 1.82 bits per heavy atom. The molecule has 0 fully saturated rings. The molecule has 2 amide bonds. The lowest BCUT2D eigenvalue weighted by atomic mass is 10.2. The Kier molecular flexibility index (Phi) is 6.38. The first-order chi connectivity index (χ1) is 10.5. The summed E-state index contributed by atoms with van der Waals surface area (Å²) in [5.74, 6) is -0.312. The molecule has 0 aliphatic carbocycles. The number of rotatable bonds is 5. The van der Waals surface area contributed by atoms with Crippen LogP contribution in [0.15, 0.2) is 53.0 Å². The SMILES string of the molecule is O=C(CCNC(=O)c1ccc(Br)cc1)Nc1cccc(I)c1. The average Bonchev–Trinajstić information content (AvgIpc) is 2.47. The quantitative estimate of drug-likeness (QED) is 0.650. The van der Waals surface area contributed by atoms with Gasteiger partial charge in [0.2, 0.25) is 5.91 Å². The van der Waals surface area contributed by atoms with Gasteiger partial charge in [-0.15, -0.1) is 0 Å². The van der Waals surface area contributed by atoms with Crippen molar-refractivity contribution in [1.29, 1.82) is 0 Å². The van der Waals surface area contributed by atoms with Crippen molar-refractivity contribution in [2.45, 2.75) is 6.42 Å². The Morgan fingerprint density at radius 1 is 1.09 bits per heavy atom. The average molecular weight is 473 g/mol. The summed E-state index contributed by atoms with van der Waals surface area (Å²) in [6, 6.07) is 14.6. The zero-order valence-electron chi connectivity index (χ0n) is 11.6. The minimum Gasteiger partial charge on any atom is -0.352 e. The van der Waals surface area contributed by atoms with Crippen LogP contribution in [-0.2, 0) is 4.79 Å². The molecular weight excluding hydrogens is 459 g/mol. The first-order valence-electron chi connectivity index (χ1n) is 6.64. The molecule has 6 heteroatoms. The zero-order valence-corrected chi connectivity index (χ0v) is 15.3. The van der Waals surface area contributed by atoms with Crippen LogP contribution in [0, 0.1) is 3.57 Å². The molecule has 2 N–H and O–H groups in total. The molecule has 0 aromatic heterocycles. The smallest absolute Gasteiger partial charge is 0.251 e. The van der Waals surface area contributed by atoms with E-state index in [1.165, 1.54) is 0 Å². The molecule has 0 saturated heterocycles. The number of hydrogen-bond donors (Lipinski definition) is 2. The summed E-state index contributed by atoms with van der Waals surface area (Å²) in [7, 11) is 0. The van der Waals surface area contributed by atoms with E-state index < -0.39 is 0 Å². The van der Waals surface area contributed by atoms with Crippen LogP contribution in [0.25, 0.3) is 0 Å². The molecule has 2 rings (SSSR count). The maximum absolute atomic E-state index is 11.9. The van der Waals surface area contributed by atoms with E-state index in [0.717, 1.165) is 13.7 Å². The van der Waals surface area contributed by atoms with Crippen molar-refractivity contribution >= 4 is 56.0 Å². The van der Waals surface area contributed by atoms with Gasteiger partial charge in [-0.25, -0.2) is 0 Å². The molecule has 0 radical (unpaired) electrons. The molecule has 0 heterocycles. The summed E-state index contributed by atoms with van der Waals surface area (Å²) in [5, 5.41) is 5.53. The van der Waals surface area contributed by atoms with Gasteiger partial charge >= 0.3 is 0 Å². The first-order valence-corrected chi connectivity index (χ1v) is 8.51. The van der Waals surface area contributed by atoms with Crippen LogP contribution in [0.2, 0.25) is 0 Å². The Hall–Kier alpha value is -1.41. The third-order valence-electron chi connectivity index (χ3n) is 2.85. The van der Waals surface area contributed by atoms with E-state index >= 15 is 0 Å².